The van der Waals surface area contributed by atoms with E-state index in [2.05, 4.69) is 17.4 Å². The highest BCUT2D eigenvalue weighted by molar-refractivity contribution is 7.80. The van der Waals surface area contributed by atoms with Gasteiger partial charge in [-0.3, -0.25) is 0 Å². The monoisotopic (exact) mass is 508 g/mol. The van der Waals surface area contributed by atoms with Crippen LogP contribution in [0.4, 0.5) is 0 Å². The minimum absolute atomic E-state index is 0.0579. The lowest BCUT2D eigenvalue weighted by atomic mass is 9.88. The average Bonchev–Trinajstić information content (AvgIpc) is 3.11. The van der Waals surface area contributed by atoms with Gasteiger partial charge in [0, 0.05) is 10.5 Å². The second-order valence-corrected chi connectivity index (χ2v) is 7.94. The van der Waals surface area contributed by atoms with Gasteiger partial charge in [0.1, 0.15) is 0 Å². The van der Waals surface area contributed by atoms with Crippen LogP contribution in [0.3, 0.4) is 0 Å². The van der Waals surface area contributed by atoms with Crippen LogP contribution in [-0.2, 0) is 4.74 Å². The fraction of sp³-hybridized carbons (Fsp3) is 0. The molecule has 0 saturated heterocycles. The Morgan fingerprint density at radius 1 is 0.583 bits per heavy atom. The molecule has 0 bridgehead atoms. The van der Waals surface area contributed by atoms with E-state index in [9.17, 15) is 49.2 Å². The third-order valence-corrected chi connectivity index (χ3v) is 5.92. The molecule has 0 atom stereocenters. The maximum absolute atomic E-state index is 12.3. The molecular weight excluding hydrogens is 496 g/mol. The van der Waals surface area contributed by atoms with Gasteiger partial charge in [-0.25, -0.2) is 28.8 Å². The number of thiol groups is 1. The largest absolute Gasteiger partial charge is 0.478 e. The Morgan fingerprint density at radius 2 is 1.06 bits per heavy atom. The molecule has 0 fully saturated rings. The predicted molar refractivity (Wildman–Crippen MR) is 122 cm³/mol. The minimum atomic E-state index is -1.55. The fourth-order valence-corrected chi connectivity index (χ4v) is 4.35. The number of hydrogen-bond acceptors (Lipinski definition) is 8. The van der Waals surface area contributed by atoms with E-state index in [1.54, 1.807) is 0 Å². The molecule has 0 radical (unpaired) electrons. The van der Waals surface area contributed by atoms with Crippen LogP contribution in [0.1, 0.15) is 62.1 Å². The summed E-state index contributed by atoms with van der Waals surface area (Å²) in [5.41, 5.74) is -2.26. The molecule has 0 aliphatic carbocycles. The molecule has 1 aliphatic rings. The van der Waals surface area contributed by atoms with Crippen molar-refractivity contribution in [2.24, 2.45) is 0 Å². The third-order valence-electron chi connectivity index (χ3n) is 5.47. The number of rotatable bonds is 6. The van der Waals surface area contributed by atoms with Gasteiger partial charge in [0.15, 0.2) is 0 Å². The maximum atomic E-state index is 12.3. The lowest BCUT2D eigenvalue weighted by molar-refractivity contribution is 0.0440. The first-order chi connectivity index (χ1) is 16.9. The second kappa shape index (κ2) is 8.67. The van der Waals surface area contributed by atoms with Crippen molar-refractivity contribution in [1.82, 2.24) is 0 Å². The zero-order valence-corrected chi connectivity index (χ0v) is 18.5. The number of carboxylic acid groups (broad SMARTS) is 4. The number of aromatic carboxylic acids is 4. The molecule has 11 nitrogen and oxygen atoms in total. The highest BCUT2D eigenvalue weighted by Gasteiger charge is 2.35. The predicted octanol–water partition coefficient (Wildman–Crippen LogP) is 3.41. The lowest BCUT2D eigenvalue weighted by Gasteiger charge is -2.17. The van der Waals surface area contributed by atoms with Crippen molar-refractivity contribution < 1.29 is 53.9 Å². The number of carbonyl (C=O) groups excluding carboxylic acids is 2. The van der Waals surface area contributed by atoms with E-state index in [-0.39, 0.29) is 38.3 Å². The summed E-state index contributed by atoms with van der Waals surface area (Å²) in [6, 6.07) is 7.87. The van der Waals surface area contributed by atoms with E-state index in [0.717, 1.165) is 24.3 Å². The van der Waals surface area contributed by atoms with Gasteiger partial charge in [0.05, 0.1) is 33.4 Å². The number of hydrogen-bond donors (Lipinski definition) is 5. The van der Waals surface area contributed by atoms with Gasteiger partial charge in [-0.1, -0.05) is 12.1 Å². The van der Waals surface area contributed by atoms with Crippen LogP contribution in [0.2, 0.25) is 0 Å². The molecule has 4 N–H and O–H groups in total. The molecule has 0 unspecified atom stereocenters. The molecule has 3 aromatic rings. The number of ether oxygens (including phenoxy) is 1. The Bertz CT molecular complexity index is 1570. The minimum Gasteiger partial charge on any atom is -0.478 e. The summed E-state index contributed by atoms with van der Waals surface area (Å²) in [5.74, 6) is -8.09. The zero-order chi connectivity index (χ0) is 26.5. The second-order valence-electron chi connectivity index (χ2n) is 7.49. The molecule has 4 rings (SSSR count). The summed E-state index contributed by atoms with van der Waals surface area (Å²) in [6.45, 7) is 0. The molecule has 36 heavy (non-hydrogen) atoms. The molecule has 0 saturated carbocycles. The van der Waals surface area contributed by atoms with E-state index in [1.165, 1.54) is 18.2 Å². The third kappa shape index (κ3) is 3.84. The Hall–Kier alpha value is -4.97. The first kappa shape index (κ1) is 24.2. The van der Waals surface area contributed by atoms with Crippen molar-refractivity contribution in [3.8, 4) is 22.3 Å². The summed E-state index contributed by atoms with van der Waals surface area (Å²) >= 11 is 4.38. The Labute approximate surface area is 205 Å². The standard InChI is InChI=1S/C24H12O11S/c25-19(26)10-3-1-8(5-13(10)21(29)30)12-7-15-17(24(34)35-23(15)33)18(36)16(12)9-2-4-11(20(27)28)14(6-9)22(31)32/h1-7,36H,(H,25,26)(H,27,28)(H,29,30)(H,31,32). The first-order valence-corrected chi connectivity index (χ1v) is 10.3. The van der Waals surface area contributed by atoms with Crippen LogP contribution >= 0.6 is 12.6 Å². The first-order valence-electron chi connectivity index (χ1n) is 9.80. The Kier molecular flexibility index (Phi) is 5.82. The molecule has 0 spiro atoms. The molecule has 12 heteroatoms. The normalized spacial score (nSPS) is 12.1. The van der Waals surface area contributed by atoms with Crippen LogP contribution in [0.5, 0.6) is 0 Å². The van der Waals surface area contributed by atoms with Crippen molar-refractivity contribution in [3.05, 3.63) is 75.8 Å². The van der Waals surface area contributed by atoms with Gasteiger partial charge in [-0.05, 0) is 47.0 Å². The smallest absolute Gasteiger partial charge is 0.348 e. The fourth-order valence-electron chi connectivity index (χ4n) is 3.88. The van der Waals surface area contributed by atoms with Crippen LogP contribution in [-0.4, -0.2) is 56.2 Å². The number of benzene rings is 3. The summed E-state index contributed by atoms with van der Waals surface area (Å²) in [5, 5.41) is 37.7. The summed E-state index contributed by atoms with van der Waals surface area (Å²) in [7, 11) is 0. The Morgan fingerprint density at radius 3 is 1.56 bits per heavy atom. The molecule has 0 aromatic heterocycles. The quantitative estimate of drug-likeness (QED) is 0.186. The lowest BCUT2D eigenvalue weighted by Crippen LogP contribution is -2.09. The van der Waals surface area contributed by atoms with Crippen LogP contribution < -0.4 is 0 Å². The number of esters is 2. The Balaban J connectivity index is 2.10. The van der Waals surface area contributed by atoms with Crippen molar-refractivity contribution in [2.75, 3.05) is 0 Å². The SMILES string of the molecule is O=C(O)c1ccc(-c2cc3c(c(S)c2-c2ccc(C(=O)O)c(C(=O)O)c2)C(=O)OC3=O)cc1C(=O)O. The highest BCUT2D eigenvalue weighted by Crippen LogP contribution is 2.43. The maximum Gasteiger partial charge on any atom is 0.348 e. The van der Waals surface area contributed by atoms with Crippen LogP contribution in [0.15, 0.2) is 47.4 Å². The molecule has 0 amide bonds. The van der Waals surface area contributed by atoms with E-state index in [0.29, 0.717) is 0 Å². The highest BCUT2D eigenvalue weighted by atomic mass is 32.1. The number of fused-ring (bicyclic) bond motifs is 1. The van der Waals surface area contributed by atoms with E-state index >= 15 is 0 Å². The average molecular weight is 508 g/mol. The van der Waals surface area contributed by atoms with Gasteiger partial charge in [0.25, 0.3) is 0 Å². The number of carbonyl (C=O) groups is 6. The molecule has 1 heterocycles. The summed E-state index contributed by atoms with van der Waals surface area (Å²) in [6.07, 6.45) is 0. The van der Waals surface area contributed by atoms with E-state index in [1.807, 2.05) is 0 Å². The molecule has 3 aromatic carbocycles. The van der Waals surface area contributed by atoms with Crippen LogP contribution in [0, 0.1) is 0 Å². The van der Waals surface area contributed by atoms with Gasteiger partial charge in [0.2, 0.25) is 0 Å². The van der Waals surface area contributed by atoms with Crippen LogP contribution in [0.25, 0.3) is 22.3 Å². The topological polar surface area (TPSA) is 193 Å². The molecular formula is C24H12O11S. The van der Waals surface area contributed by atoms with Gasteiger partial charge < -0.3 is 25.2 Å². The summed E-state index contributed by atoms with van der Waals surface area (Å²) < 4.78 is 4.65. The van der Waals surface area contributed by atoms with E-state index < -0.39 is 58.1 Å². The molecule has 180 valence electrons. The van der Waals surface area contributed by atoms with Crippen molar-refractivity contribution in [3.63, 3.8) is 0 Å². The summed E-state index contributed by atoms with van der Waals surface area (Å²) in [4.78, 5) is 70.8. The number of cyclic esters (lactones) is 2. The molecule has 1 aliphatic heterocycles. The van der Waals surface area contributed by atoms with Crippen molar-refractivity contribution in [1.29, 1.82) is 0 Å². The van der Waals surface area contributed by atoms with Gasteiger partial charge >= 0.3 is 35.8 Å². The number of carboxylic acids is 4. The van der Waals surface area contributed by atoms with Crippen molar-refractivity contribution >= 4 is 48.4 Å². The zero-order valence-electron chi connectivity index (χ0n) is 17.6. The van der Waals surface area contributed by atoms with Crippen molar-refractivity contribution in [2.45, 2.75) is 4.90 Å². The van der Waals surface area contributed by atoms with E-state index in [4.69, 9.17) is 0 Å². The van der Waals surface area contributed by atoms with Gasteiger partial charge in [-0.2, -0.15) is 0 Å². The van der Waals surface area contributed by atoms with Gasteiger partial charge in [-0.15, -0.1) is 12.6 Å².